The fraction of sp³-hybridized carbons (Fsp3) is 0.500. The molecule has 0 fully saturated rings. The monoisotopic (exact) mass is 422 g/mol. The van der Waals surface area contributed by atoms with Gasteiger partial charge in [0.2, 0.25) is 7.37 Å². The third kappa shape index (κ3) is 7.20. The Hall–Kier alpha value is -1.42. The van der Waals surface area contributed by atoms with Crippen LogP contribution in [-0.2, 0) is 21.9 Å². The van der Waals surface area contributed by atoms with Gasteiger partial charge in [-0.25, -0.2) is 0 Å². The molecule has 0 amide bonds. The van der Waals surface area contributed by atoms with Crippen molar-refractivity contribution in [2.75, 3.05) is 0 Å². The highest BCUT2D eigenvalue weighted by Gasteiger charge is 2.40. The zero-order valence-corrected chi connectivity index (χ0v) is 18.2. The Kier molecular flexibility index (Phi) is 9.43. The lowest BCUT2D eigenvalue weighted by Crippen LogP contribution is -2.29. The van der Waals surface area contributed by atoms with Crippen LogP contribution in [0.1, 0.15) is 56.6 Å². The Balaban J connectivity index is 2.18. The second-order valence-corrected chi connectivity index (χ2v) is 10.7. The average molecular weight is 423 g/mol. The number of aryl methyl sites for hydroxylation is 1. The van der Waals surface area contributed by atoms with Crippen LogP contribution in [0, 0.1) is 5.92 Å². The summed E-state index contributed by atoms with van der Waals surface area (Å²) in [5.74, 6) is -1.76. The van der Waals surface area contributed by atoms with Crippen LogP contribution in [0.3, 0.4) is 0 Å². The zero-order valence-electron chi connectivity index (χ0n) is 16.5. The molecule has 28 heavy (non-hydrogen) atoms. The molecular weight excluding hydrogens is 391 g/mol. The molecule has 0 spiro atoms. The minimum Gasteiger partial charge on any atom is -0.481 e. The maximum Gasteiger partial charge on any atom is 0.307 e. The molecule has 0 saturated carbocycles. The van der Waals surface area contributed by atoms with E-state index in [1.54, 1.807) is 11.3 Å². The van der Waals surface area contributed by atoms with Gasteiger partial charge in [0.15, 0.2) is 0 Å². The van der Waals surface area contributed by atoms with E-state index in [0.717, 1.165) is 36.8 Å². The molecule has 0 aliphatic carbocycles. The smallest absolute Gasteiger partial charge is 0.307 e. The lowest BCUT2D eigenvalue weighted by Gasteiger charge is -2.29. The van der Waals surface area contributed by atoms with Crippen LogP contribution >= 0.6 is 18.7 Å². The number of carbonyl (C=O) groups is 1. The van der Waals surface area contributed by atoms with E-state index in [1.807, 2.05) is 47.2 Å². The van der Waals surface area contributed by atoms with Gasteiger partial charge in [-0.15, -0.1) is 0 Å². The maximum atomic E-state index is 13.3. The van der Waals surface area contributed by atoms with Gasteiger partial charge < -0.3 is 10.00 Å². The summed E-state index contributed by atoms with van der Waals surface area (Å²) in [6.45, 7) is 2.12. The van der Waals surface area contributed by atoms with Crippen molar-refractivity contribution in [2.24, 2.45) is 5.92 Å². The topological polar surface area (TPSA) is 74.6 Å². The van der Waals surface area contributed by atoms with Gasteiger partial charge in [0, 0.05) is 11.8 Å². The molecule has 1 heterocycles. The van der Waals surface area contributed by atoms with Crippen LogP contribution in [0.2, 0.25) is 0 Å². The van der Waals surface area contributed by atoms with Gasteiger partial charge in [0.05, 0.1) is 5.92 Å². The molecule has 2 N–H and O–H groups in total. The number of thiophene rings is 1. The van der Waals surface area contributed by atoms with Crippen molar-refractivity contribution in [2.45, 2.75) is 63.7 Å². The van der Waals surface area contributed by atoms with Crippen molar-refractivity contribution in [1.29, 1.82) is 0 Å². The number of carboxylic acid groups (broad SMARTS) is 1. The molecule has 0 bridgehead atoms. The average Bonchev–Trinajstić information content (AvgIpc) is 3.17. The summed E-state index contributed by atoms with van der Waals surface area (Å²) in [5, 5.41) is 13.9. The molecule has 0 saturated heterocycles. The van der Waals surface area contributed by atoms with E-state index in [-0.39, 0.29) is 6.16 Å². The highest BCUT2D eigenvalue weighted by molar-refractivity contribution is 7.58. The minimum atomic E-state index is -3.67. The predicted molar refractivity (Wildman–Crippen MR) is 116 cm³/mol. The Bertz CT molecular complexity index is 745. The normalized spacial score (nSPS) is 15.6. The van der Waals surface area contributed by atoms with Gasteiger partial charge in [-0.1, -0.05) is 62.9 Å². The lowest BCUT2D eigenvalue weighted by atomic mass is 9.94. The van der Waals surface area contributed by atoms with Crippen LogP contribution in [-0.4, -0.2) is 21.6 Å². The number of hydrogen-bond donors (Lipinski definition) is 2. The van der Waals surface area contributed by atoms with Crippen LogP contribution in [0.25, 0.3) is 0 Å². The summed E-state index contributed by atoms with van der Waals surface area (Å²) in [6.07, 6.45) is 5.44. The third-order valence-electron chi connectivity index (χ3n) is 5.23. The first-order valence-corrected chi connectivity index (χ1v) is 12.9. The Morgan fingerprint density at radius 3 is 2.43 bits per heavy atom. The first-order valence-electron chi connectivity index (χ1n) is 10.0. The molecule has 4 nitrogen and oxygen atoms in total. The molecule has 3 unspecified atom stereocenters. The second kappa shape index (κ2) is 11.5. The van der Waals surface area contributed by atoms with Crippen molar-refractivity contribution in [3.8, 4) is 0 Å². The summed E-state index contributed by atoms with van der Waals surface area (Å²) in [6, 6.07) is 11.2. The van der Waals surface area contributed by atoms with Crippen molar-refractivity contribution in [3.63, 3.8) is 0 Å². The van der Waals surface area contributed by atoms with E-state index >= 15 is 0 Å². The highest BCUT2D eigenvalue weighted by atomic mass is 32.1. The van der Waals surface area contributed by atoms with Gasteiger partial charge in [0.1, 0.15) is 0 Å². The number of rotatable bonds is 13. The van der Waals surface area contributed by atoms with Crippen molar-refractivity contribution in [3.05, 3.63) is 58.3 Å². The predicted octanol–water partition coefficient (Wildman–Crippen LogP) is 6.19. The van der Waals surface area contributed by atoms with E-state index in [0.29, 0.717) is 19.3 Å². The lowest BCUT2D eigenvalue weighted by molar-refractivity contribution is -0.142. The maximum absolute atomic E-state index is 13.3. The Labute approximate surface area is 172 Å². The molecule has 0 aliphatic heterocycles. The summed E-state index contributed by atoms with van der Waals surface area (Å²) in [7, 11) is -3.67. The molecule has 0 aliphatic rings. The largest absolute Gasteiger partial charge is 0.481 e. The summed E-state index contributed by atoms with van der Waals surface area (Å²) < 4.78 is 13.3. The van der Waals surface area contributed by atoms with Crippen LogP contribution in [0.5, 0.6) is 0 Å². The quantitative estimate of drug-likeness (QED) is 0.298. The molecule has 3 atom stereocenters. The molecule has 2 aromatic rings. The summed E-state index contributed by atoms with van der Waals surface area (Å²) in [5.41, 5.74) is 1.17. The Morgan fingerprint density at radius 2 is 1.82 bits per heavy atom. The SMILES string of the molecule is CCCCCCC(C(CCc1ccsc1)C(=O)O)P(=O)(O)Cc1ccccc1. The molecule has 1 aromatic carbocycles. The first kappa shape index (κ1) is 22.9. The number of unbranched alkanes of at least 4 members (excludes halogenated alkanes) is 3. The van der Waals surface area contributed by atoms with Crippen molar-refractivity contribution >= 4 is 24.7 Å². The van der Waals surface area contributed by atoms with E-state index < -0.39 is 24.9 Å². The minimum absolute atomic E-state index is 0.0362. The number of hydrogen-bond acceptors (Lipinski definition) is 3. The second-order valence-electron chi connectivity index (χ2n) is 7.43. The van der Waals surface area contributed by atoms with Crippen molar-refractivity contribution < 1.29 is 19.4 Å². The van der Waals surface area contributed by atoms with Crippen LogP contribution in [0.15, 0.2) is 47.2 Å². The highest BCUT2D eigenvalue weighted by Crippen LogP contribution is 2.55. The molecule has 6 heteroatoms. The zero-order chi connectivity index (χ0) is 20.4. The van der Waals surface area contributed by atoms with Gasteiger partial charge in [-0.05, 0) is 47.2 Å². The standard InChI is InChI=1S/C22H31O4PS/c1-2-3-4-8-11-21(27(25,26)16-18-9-6-5-7-10-18)20(22(23)24)13-12-19-14-15-28-17-19/h5-7,9-10,14-15,17,20-21H,2-4,8,11-13,16H2,1H3,(H,23,24)(H,25,26). The first-order chi connectivity index (χ1) is 13.4. The number of benzene rings is 1. The molecule has 154 valence electrons. The molecule has 2 rings (SSSR count). The van der Waals surface area contributed by atoms with Gasteiger partial charge in [0.25, 0.3) is 0 Å². The van der Waals surface area contributed by atoms with Crippen LogP contribution in [0.4, 0.5) is 0 Å². The Morgan fingerprint density at radius 1 is 1.07 bits per heavy atom. The molecule has 0 radical (unpaired) electrons. The number of carboxylic acids is 1. The summed E-state index contributed by atoms with van der Waals surface area (Å²) >= 11 is 1.58. The summed E-state index contributed by atoms with van der Waals surface area (Å²) in [4.78, 5) is 23.0. The third-order valence-corrected chi connectivity index (χ3v) is 8.43. The van der Waals surface area contributed by atoms with E-state index in [9.17, 15) is 19.4 Å². The van der Waals surface area contributed by atoms with E-state index in [2.05, 4.69) is 6.92 Å². The fourth-order valence-corrected chi connectivity index (χ4v) is 6.76. The molecular formula is C22H31O4PS. The van der Waals surface area contributed by atoms with Crippen LogP contribution < -0.4 is 0 Å². The fourth-order valence-electron chi connectivity index (χ4n) is 3.66. The van der Waals surface area contributed by atoms with E-state index in [1.165, 1.54) is 0 Å². The van der Waals surface area contributed by atoms with E-state index in [4.69, 9.17) is 0 Å². The van der Waals surface area contributed by atoms with Gasteiger partial charge >= 0.3 is 5.97 Å². The van der Waals surface area contributed by atoms with Gasteiger partial charge in [-0.2, -0.15) is 11.3 Å². The van der Waals surface area contributed by atoms with Gasteiger partial charge in [-0.3, -0.25) is 9.36 Å². The van der Waals surface area contributed by atoms with Crippen molar-refractivity contribution in [1.82, 2.24) is 0 Å². The number of aliphatic carboxylic acids is 1. The molecule has 1 aromatic heterocycles.